The summed E-state index contributed by atoms with van der Waals surface area (Å²) in [6, 6.07) is 8.20. The Hall–Kier alpha value is -2.43. The van der Waals surface area contributed by atoms with E-state index in [0.717, 1.165) is 36.2 Å². The van der Waals surface area contributed by atoms with Gasteiger partial charge in [-0.2, -0.15) is 0 Å². The van der Waals surface area contributed by atoms with Crippen LogP contribution in [0.25, 0.3) is 10.9 Å². The summed E-state index contributed by atoms with van der Waals surface area (Å²) in [7, 11) is 0. The molecule has 2 aromatic rings. The van der Waals surface area contributed by atoms with E-state index in [1.165, 1.54) is 6.08 Å². The van der Waals surface area contributed by atoms with Gasteiger partial charge < -0.3 is 10.2 Å². The van der Waals surface area contributed by atoms with Crippen molar-refractivity contribution in [1.29, 1.82) is 0 Å². The number of nitrogens with one attached hydrogen (secondary N) is 1. The molecule has 0 spiro atoms. The van der Waals surface area contributed by atoms with E-state index in [0.29, 0.717) is 6.54 Å². The third-order valence-electron chi connectivity index (χ3n) is 3.81. The smallest absolute Gasteiger partial charge is 0.243 e. The van der Waals surface area contributed by atoms with Gasteiger partial charge in [0.1, 0.15) is 0 Å². The van der Waals surface area contributed by atoms with E-state index in [1.807, 2.05) is 30.5 Å². The molecule has 21 heavy (non-hydrogen) atoms. The fourth-order valence-electron chi connectivity index (χ4n) is 2.70. The maximum atomic E-state index is 11.3. The number of carbonyl (C=O) groups is 1. The van der Waals surface area contributed by atoms with Gasteiger partial charge in [-0.15, -0.1) is 0 Å². The summed E-state index contributed by atoms with van der Waals surface area (Å²) in [5.41, 5.74) is 0.947. The van der Waals surface area contributed by atoms with Gasteiger partial charge in [-0.3, -0.25) is 4.79 Å². The highest BCUT2D eigenvalue weighted by atomic mass is 16.1. The standard InChI is InChI=1S/C16H18N4O/c1-2-15(21)17-11-13-7-5-9-20(13)16-18-10-12-6-3-4-8-14(12)19-16/h2-4,6,8,10,13H,1,5,7,9,11H2,(H,17,21)/t13-/m0/s1. The lowest BCUT2D eigenvalue weighted by Crippen LogP contribution is -2.40. The van der Waals surface area contributed by atoms with Gasteiger partial charge in [-0.05, 0) is 25.0 Å². The molecule has 1 saturated heterocycles. The second-order valence-electron chi connectivity index (χ2n) is 5.17. The van der Waals surface area contributed by atoms with E-state index in [4.69, 9.17) is 0 Å². The van der Waals surface area contributed by atoms with Crippen molar-refractivity contribution in [2.45, 2.75) is 18.9 Å². The van der Waals surface area contributed by atoms with Crippen molar-refractivity contribution in [3.63, 3.8) is 0 Å². The maximum Gasteiger partial charge on any atom is 0.243 e. The molecule has 1 fully saturated rings. The Morgan fingerprint density at radius 2 is 2.33 bits per heavy atom. The van der Waals surface area contributed by atoms with E-state index in [-0.39, 0.29) is 11.9 Å². The van der Waals surface area contributed by atoms with Gasteiger partial charge in [-0.1, -0.05) is 24.8 Å². The van der Waals surface area contributed by atoms with Crippen LogP contribution in [-0.2, 0) is 4.79 Å². The van der Waals surface area contributed by atoms with Crippen LogP contribution in [0.1, 0.15) is 12.8 Å². The van der Waals surface area contributed by atoms with Crippen LogP contribution in [0.3, 0.4) is 0 Å². The number of hydrogen-bond donors (Lipinski definition) is 1. The number of nitrogens with zero attached hydrogens (tertiary/aromatic N) is 3. The van der Waals surface area contributed by atoms with Crippen molar-refractivity contribution < 1.29 is 4.79 Å². The molecule has 0 aliphatic carbocycles. The Balaban J connectivity index is 1.79. The molecule has 5 heteroatoms. The zero-order valence-corrected chi connectivity index (χ0v) is 11.8. The van der Waals surface area contributed by atoms with Crippen molar-refractivity contribution in [3.05, 3.63) is 43.1 Å². The van der Waals surface area contributed by atoms with E-state index < -0.39 is 0 Å². The van der Waals surface area contributed by atoms with Gasteiger partial charge in [0, 0.05) is 30.7 Å². The topological polar surface area (TPSA) is 58.1 Å². The summed E-state index contributed by atoms with van der Waals surface area (Å²) in [5.74, 6) is 0.602. The predicted octanol–water partition coefficient (Wildman–Crippen LogP) is 1.90. The van der Waals surface area contributed by atoms with Gasteiger partial charge in [0.15, 0.2) is 0 Å². The first-order valence-corrected chi connectivity index (χ1v) is 7.16. The van der Waals surface area contributed by atoms with E-state index in [1.54, 1.807) is 0 Å². The third kappa shape index (κ3) is 2.86. The van der Waals surface area contributed by atoms with Crippen molar-refractivity contribution in [1.82, 2.24) is 15.3 Å². The van der Waals surface area contributed by atoms with Crippen LogP contribution in [0.4, 0.5) is 5.95 Å². The van der Waals surface area contributed by atoms with Crippen LogP contribution in [0.15, 0.2) is 43.1 Å². The number of rotatable bonds is 4. The highest BCUT2D eigenvalue weighted by Crippen LogP contribution is 2.23. The molecule has 0 bridgehead atoms. The Morgan fingerprint density at radius 1 is 1.48 bits per heavy atom. The Kier molecular flexibility index (Phi) is 3.81. The quantitative estimate of drug-likeness (QED) is 0.870. The van der Waals surface area contributed by atoms with Gasteiger partial charge in [0.25, 0.3) is 0 Å². The summed E-state index contributed by atoms with van der Waals surface area (Å²) in [5, 5.41) is 3.90. The molecule has 108 valence electrons. The number of amides is 1. The van der Waals surface area contributed by atoms with Crippen molar-refractivity contribution >= 4 is 22.8 Å². The van der Waals surface area contributed by atoms with Crippen LogP contribution < -0.4 is 10.2 Å². The van der Waals surface area contributed by atoms with Gasteiger partial charge in [-0.25, -0.2) is 9.97 Å². The van der Waals surface area contributed by atoms with Crippen LogP contribution in [0, 0.1) is 0 Å². The van der Waals surface area contributed by atoms with Gasteiger partial charge in [0.2, 0.25) is 11.9 Å². The number of aromatic nitrogens is 2. The molecule has 0 saturated carbocycles. The number of benzene rings is 1. The predicted molar refractivity (Wildman–Crippen MR) is 83.1 cm³/mol. The average Bonchev–Trinajstić information content (AvgIpc) is 3.00. The second-order valence-corrected chi connectivity index (χ2v) is 5.17. The Morgan fingerprint density at radius 3 is 3.19 bits per heavy atom. The number of fused-ring (bicyclic) bond motifs is 1. The normalized spacial score (nSPS) is 17.9. The van der Waals surface area contributed by atoms with Crippen LogP contribution >= 0.6 is 0 Å². The molecule has 1 N–H and O–H groups in total. The maximum absolute atomic E-state index is 11.3. The SMILES string of the molecule is C=CC(=O)NC[C@@H]1CCCN1c1ncc2ccccc2n1. The summed E-state index contributed by atoms with van der Waals surface area (Å²) in [6.45, 7) is 4.99. The molecule has 5 nitrogen and oxygen atoms in total. The average molecular weight is 282 g/mol. The van der Waals surface area contributed by atoms with E-state index >= 15 is 0 Å². The number of anilines is 1. The molecular weight excluding hydrogens is 264 g/mol. The van der Waals surface area contributed by atoms with E-state index in [9.17, 15) is 4.79 Å². The molecule has 1 aromatic carbocycles. The zero-order valence-electron chi connectivity index (χ0n) is 11.8. The minimum absolute atomic E-state index is 0.138. The third-order valence-corrected chi connectivity index (χ3v) is 3.81. The van der Waals surface area contributed by atoms with Gasteiger partial charge >= 0.3 is 0 Å². The molecule has 1 aliphatic heterocycles. The van der Waals surface area contributed by atoms with Gasteiger partial charge in [0.05, 0.1) is 5.52 Å². The van der Waals surface area contributed by atoms with Crippen molar-refractivity contribution in [2.24, 2.45) is 0 Å². The number of hydrogen-bond acceptors (Lipinski definition) is 4. The Labute approximate surface area is 123 Å². The lowest BCUT2D eigenvalue weighted by Gasteiger charge is -2.24. The van der Waals surface area contributed by atoms with Crippen LogP contribution in [0.5, 0.6) is 0 Å². The molecule has 1 aliphatic rings. The summed E-state index contributed by atoms with van der Waals surface area (Å²) in [4.78, 5) is 22.6. The van der Waals surface area contributed by atoms with Crippen molar-refractivity contribution in [3.8, 4) is 0 Å². The first-order chi connectivity index (χ1) is 10.3. The molecule has 0 unspecified atom stereocenters. The monoisotopic (exact) mass is 282 g/mol. The summed E-state index contributed by atoms with van der Waals surface area (Å²) < 4.78 is 0. The molecule has 1 amide bonds. The highest BCUT2D eigenvalue weighted by Gasteiger charge is 2.26. The molecule has 3 rings (SSSR count). The largest absolute Gasteiger partial charge is 0.351 e. The van der Waals surface area contributed by atoms with E-state index in [2.05, 4.69) is 26.8 Å². The lowest BCUT2D eigenvalue weighted by atomic mass is 10.2. The number of carbonyl (C=O) groups excluding carboxylic acids is 1. The molecule has 0 radical (unpaired) electrons. The zero-order chi connectivity index (χ0) is 14.7. The fourth-order valence-corrected chi connectivity index (χ4v) is 2.70. The molecule has 2 heterocycles. The van der Waals surface area contributed by atoms with Crippen LogP contribution in [0.2, 0.25) is 0 Å². The molecule has 1 atom stereocenters. The summed E-state index contributed by atoms with van der Waals surface area (Å²) in [6.07, 6.45) is 5.28. The minimum atomic E-state index is -0.138. The minimum Gasteiger partial charge on any atom is -0.351 e. The molecule has 1 aromatic heterocycles. The van der Waals surface area contributed by atoms with Crippen molar-refractivity contribution in [2.75, 3.05) is 18.0 Å². The first-order valence-electron chi connectivity index (χ1n) is 7.16. The van der Waals surface area contributed by atoms with Crippen LogP contribution in [-0.4, -0.2) is 35.0 Å². The Bertz CT molecular complexity index is 670. The highest BCUT2D eigenvalue weighted by molar-refractivity contribution is 5.86. The summed E-state index contributed by atoms with van der Waals surface area (Å²) >= 11 is 0. The molecular formula is C16H18N4O. The number of para-hydroxylation sites is 1. The fraction of sp³-hybridized carbons (Fsp3) is 0.312. The first kappa shape index (κ1) is 13.5. The second kappa shape index (κ2) is 5.91. The lowest BCUT2D eigenvalue weighted by molar-refractivity contribution is -0.116.